The molecule has 9 nitrogen and oxygen atoms in total. The summed E-state index contributed by atoms with van der Waals surface area (Å²) in [6.07, 6.45) is 1.56. The van der Waals surface area contributed by atoms with Crippen molar-refractivity contribution in [1.82, 2.24) is 10.1 Å². The van der Waals surface area contributed by atoms with Gasteiger partial charge in [0.25, 0.3) is 0 Å². The van der Waals surface area contributed by atoms with Crippen molar-refractivity contribution in [3.63, 3.8) is 0 Å². The second-order valence-electron chi connectivity index (χ2n) is 13.3. The van der Waals surface area contributed by atoms with E-state index in [4.69, 9.17) is 28.6 Å². The number of rotatable bonds is 17. The third-order valence-corrected chi connectivity index (χ3v) is 17.3. The second kappa shape index (κ2) is 15.8. The summed E-state index contributed by atoms with van der Waals surface area (Å²) in [6.45, 7) is 29.7. The molecule has 1 heterocycles. The van der Waals surface area contributed by atoms with Crippen molar-refractivity contribution in [2.24, 2.45) is 17.6 Å². The van der Waals surface area contributed by atoms with E-state index in [0.717, 1.165) is 0 Å². The molecule has 0 bridgehead atoms. The molecule has 3 atom stereocenters. The third-order valence-electron chi connectivity index (χ3n) is 9.51. The van der Waals surface area contributed by atoms with Crippen molar-refractivity contribution in [1.29, 1.82) is 0 Å². The molecule has 2 aromatic rings. The molecule has 1 aromatic heterocycles. The van der Waals surface area contributed by atoms with Crippen molar-refractivity contribution < 1.29 is 27.6 Å². The molecule has 0 aliphatic heterocycles. The van der Waals surface area contributed by atoms with Crippen LogP contribution in [0.1, 0.15) is 94.6 Å². The van der Waals surface area contributed by atoms with Crippen molar-refractivity contribution in [2.45, 2.75) is 104 Å². The number of methoxy groups -OCH3 is 1. The Labute approximate surface area is 272 Å². The zero-order valence-corrected chi connectivity index (χ0v) is 32.2. The SMILES string of the molecule is C=CCOC(=O)c1c(C)c(OC)c(O[SiH](C)C(C)(C)C(C)C)c(O[SiH](C)C(C)(C)C(C)C)c1CSCC(N)c1nc(C)no1. The number of ether oxygens (including phenoxy) is 2. The Bertz CT molecular complexity index is 1280. The molecule has 44 heavy (non-hydrogen) atoms. The van der Waals surface area contributed by atoms with Gasteiger partial charge in [0, 0.05) is 22.6 Å². The predicted molar refractivity (Wildman–Crippen MR) is 185 cm³/mol. The zero-order chi connectivity index (χ0) is 33.6. The summed E-state index contributed by atoms with van der Waals surface area (Å²) < 4.78 is 31.0. The molecule has 0 amide bonds. The lowest BCUT2D eigenvalue weighted by molar-refractivity contribution is 0.0547. The molecule has 0 saturated heterocycles. The fourth-order valence-corrected chi connectivity index (χ4v) is 9.03. The maximum absolute atomic E-state index is 13.7. The van der Waals surface area contributed by atoms with Gasteiger partial charge in [-0.3, -0.25) is 0 Å². The van der Waals surface area contributed by atoms with Crippen LogP contribution in [0.5, 0.6) is 17.2 Å². The topological polar surface area (TPSA) is 119 Å². The number of nitrogens with two attached hydrogens (primary N) is 1. The highest BCUT2D eigenvalue weighted by molar-refractivity contribution is 7.98. The summed E-state index contributed by atoms with van der Waals surface area (Å²) in [5, 5.41) is 3.79. The van der Waals surface area contributed by atoms with E-state index in [2.05, 4.69) is 85.2 Å². The van der Waals surface area contributed by atoms with Crippen molar-refractivity contribution in [3.8, 4) is 17.2 Å². The van der Waals surface area contributed by atoms with Gasteiger partial charge in [-0.2, -0.15) is 16.7 Å². The monoisotopic (exact) mass is 665 g/mol. The van der Waals surface area contributed by atoms with Gasteiger partial charge < -0.3 is 28.6 Å². The lowest BCUT2D eigenvalue weighted by atomic mass is 9.99. The Morgan fingerprint density at radius 3 is 2.02 bits per heavy atom. The number of esters is 1. The average Bonchev–Trinajstić information content (AvgIpc) is 3.39. The summed E-state index contributed by atoms with van der Waals surface area (Å²) in [7, 11) is -2.21. The summed E-state index contributed by atoms with van der Waals surface area (Å²) >= 11 is 1.56. The summed E-state index contributed by atoms with van der Waals surface area (Å²) in [5.41, 5.74) is 8.19. The number of thioether (sulfide) groups is 1. The van der Waals surface area contributed by atoms with Gasteiger partial charge in [-0.05, 0) is 48.9 Å². The molecule has 2 rings (SSSR count). The minimum absolute atomic E-state index is 0.0259. The van der Waals surface area contributed by atoms with E-state index in [1.165, 1.54) is 0 Å². The minimum atomic E-state index is -1.94. The Hall–Kier alpha value is -2.29. The highest BCUT2D eigenvalue weighted by Crippen LogP contribution is 2.51. The number of hydrogen-bond donors (Lipinski definition) is 1. The first-order valence-corrected chi connectivity index (χ1v) is 21.0. The molecule has 0 spiro atoms. The van der Waals surface area contributed by atoms with Gasteiger partial charge in [-0.1, -0.05) is 73.2 Å². The number of nitrogens with zero attached hydrogens (tertiary/aromatic N) is 2. The Kier molecular flexibility index (Phi) is 13.6. The quantitative estimate of drug-likeness (QED) is 0.105. The second-order valence-corrected chi connectivity index (χ2v) is 20.4. The van der Waals surface area contributed by atoms with E-state index in [0.29, 0.717) is 69.0 Å². The van der Waals surface area contributed by atoms with E-state index >= 15 is 0 Å². The molecule has 0 aliphatic rings. The molecule has 12 heteroatoms. The van der Waals surface area contributed by atoms with Gasteiger partial charge in [0.2, 0.25) is 24.0 Å². The molecule has 3 unspecified atom stereocenters. The number of aromatic nitrogens is 2. The van der Waals surface area contributed by atoms with Crippen LogP contribution in [0.25, 0.3) is 0 Å². The highest BCUT2D eigenvalue weighted by atomic mass is 32.2. The number of benzene rings is 1. The molecule has 0 radical (unpaired) electrons. The molecule has 0 aliphatic carbocycles. The van der Waals surface area contributed by atoms with E-state index in [9.17, 15) is 4.79 Å². The smallest absolute Gasteiger partial charge is 0.339 e. The zero-order valence-electron chi connectivity index (χ0n) is 29.1. The standard InChI is InChI=1S/C32H55N3O6SSi2/c1-15-16-38-30(36)25-21(6)26(37-12)28(41-44(14)32(10,11)20(4)5)27(40-43(13)31(8,9)19(2)3)23(25)17-42-18-24(33)29-34-22(7)35-39-29/h15,19-20,24,43-44H,1,16-18,33H2,2-14H3. The van der Waals surface area contributed by atoms with Gasteiger partial charge >= 0.3 is 5.97 Å². The van der Waals surface area contributed by atoms with Crippen LogP contribution in [0.15, 0.2) is 17.2 Å². The molecular weight excluding hydrogens is 611 g/mol. The normalized spacial score (nSPS) is 14.4. The minimum Gasteiger partial charge on any atom is -0.543 e. The largest absolute Gasteiger partial charge is 0.543 e. The van der Waals surface area contributed by atoms with Crippen molar-refractivity contribution >= 4 is 35.8 Å². The van der Waals surface area contributed by atoms with Crippen molar-refractivity contribution in [3.05, 3.63) is 41.1 Å². The van der Waals surface area contributed by atoms with Gasteiger partial charge in [0.15, 0.2) is 23.1 Å². The third kappa shape index (κ3) is 8.70. The number of hydrogen-bond acceptors (Lipinski definition) is 10. The van der Waals surface area contributed by atoms with Gasteiger partial charge in [-0.25, -0.2) is 4.79 Å². The van der Waals surface area contributed by atoms with E-state index in [-0.39, 0.29) is 16.7 Å². The van der Waals surface area contributed by atoms with Crippen LogP contribution in [0.4, 0.5) is 0 Å². The van der Waals surface area contributed by atoms with Crippen LogP contribution < -0.4 is 19.3 Å². The summed E-state index contributed by atoms with van der Waals surface area (Å²) in [4.78, 5) is 18.0. The van der Waals surface area contributed by atoms with E-state index < -0.39 is 30.1 Å². The molecular formula is C32H55N3O6SSi2. The van der Waals surface area contributed by atoms with Crippen LogP contribution in [-0.4, -0.2) is 53.7 Å². The molecule has 0 fully saturated rings. The predicted octanol–water partition coefficient (Wildman–Crippen LogP) is 7.31. The van der Waals surface area contributed by atoms with E-state index in [1.54, 1.807) is 31.9 Å². The van der Waals surface area contributed by atoms with Crippen LogP contribution >= 0.6 is 11.8 Å². The summed E-state index contributed by atoms with van der Waals surface area (Å²) in [5.74, 6) is 3.79. The van der Waals surface area contributed by atoms with Crippen LogP contribution in [0.3, 0.4) is 0 Å². The summed E-state index contributed by atoms with van der Waals surface area (Å²) in [6, 6.07) is -0.468. The van der Waals surface area contributed by atoms with Crippen LogP contribution in [0, 0.1) is 25.7 Å². The highest BCUT2D eigenvalue weighted by Gasteiger charge is 2.39. The first-order valence-electron chi connectivity index (χ1n) is 15.4. The van der Waals surface area contributed by atoms with Crippen molar-refractivity contribution in [2.75, 3.05) is 19.5 Å². The maximum atomic E-state index is 13.7. The molecule has 0 saturated carbocycles. The fourth-order valence-electron chi connectivity index (χ4n) is 4.38. The fraction of sp³-hybridized carbons (Fsp3) is 0.656. The van der Waals surface area contributed by atoms with E-state index in [1.807, 2.05) is 6.92 Å². The Morgan fingerprint density at radius 2 is 1.57 bits per heavy atom. The van der Waals surface area contributed by atoms with Crippen LogP contribution in [0.2, 0.25) is 23.2 Å². The lowest BCUT2D eigenvalue weighted by Gasteiger charge is -2.38. The number of carbonyl (C=O) groups excluding carboxylic acids is 1. The first kappa shape index (κ1) is 37.9. The maximum Gasteiger partial charge on any atom is 0.339 e. The first-order chi connectivity index (χ1) is 20.4. The Balaban J connectivity index is 2.81. The average molecular weight is 666 g/mol. The van der Waals surface area contributed by atoms with Gasteiger partial charge in [0.05, 0.1) is 18.7 Å². The molecule has 1 aromatic carbocycles. The molecule has 2 N–H and O–H groups in total. The number of carbonyl (C=O) groups is 1. The van der Waals surface area contributed by atoms with Gasteiger partial charge in [0.1, 0.15) is 6.61 Å². The van der Waals surface area contributed by atoms with Gasteiger partial charge in [-0.15, -0.1) is 0 Å². The lowest BCUT2D eigenvalue weighted by Crippen LogP contribution is -2.37. The Morgan fingerprint density at radius 1 is 1.02 bits per heavy atom. The molecule has 248 valence electrons. The number of aryl methyl sites for hydroxylation is 1. The van der Waals surface area contributed by atoms with Crippen LogP contribution in [-0.2, 0) is 10.5 Å².